The topological polar surface area (TPSA) is 96.0 Å². The van der Waals surface area contributed by atoms with Gasteiger partial charge in [-0.1, -0.05) is 30.7 Å². The first-order chi connectivity index (χ1) is 14.4. The van der Waals surface area contributed by atoms with Gasteiger partial charge in [0.05, 0.1) is 17.6 Å². The lowest BCUT2D eigenvalue weighted by molar-refractivity contribution is 0.600. The Morgan fingerprint density at radius 2 is 1.93 bits per heavy atom. The van der Waals surface area contributed by atoms with E-state index >= 15 is 0 Å². The number of nitrogens with zero attached hydrogens (tertiary/aromatic N) is 2. The summed E-state index contributed by atoms with van der Waals surface area (Å²) in [6.07, 6.45) is 3.51. The Morgan fingerprint density at radius 1 is 1.10 bits per heavy atom. The quantitative estimate of drug-likeness (QED) is 0.532. The van der Waals surface area contributed by atoms with E-state index < -0.39 is 10.0 Å². The average molecular weight is 444 g/mol. The Morgan fingerprint density at radius 3 is 2.77 bits per heavy atom. The van der Waals surface area contributed by atoms with E-state index in [-0.39, 0.29) is 5.75 Å². The summed E-state index contributed by atoms with van der Waals surface area (Å²) in [4.78, 5) is 8.72. The molecule has 0 radical (unpaired) electrons. The number of benzene rings is 2. The van der Waals surface area contributed by atoms with Crippen LogP contribution >= 0.6 is 11.6 Å². The fourth-order valence-corrected chi connectivity index (χ4v) is 4.64. The summed E-state index contributed by atoms with van der Waals surface area (Å²) in [5, 5.41) is 6.80. The van der Waals surface area contributed by atoms with Crippen molar-refractivity contribution >= 4 is 50.5 Å². The Hall–Kier alpha value is -2.84. The van der Waals surface area contributed by atoms with Crippen LogP contribution in [0.25, 0.3) is 0 Å². The van der Waals surface area contributed by atoms with E-state index in [1.54, 1.807) is 12.1 Å². The highest BCUT2D eigenvalue weighted by Crippen LogP contribution is 2.29. The van der Waals surface area contributed by atoms with Gasteiger partial charge >= 0.3 is 0 Å². The maximum atomic E-state index is 12.3. The van der Waals surface area contributed by atoms with Gasteiger partial charge in [-0.05, 0) is 60.7 Å². The van der Waals surface area contributed by atoms with Gasteiger partial charge in [0, 0.05) is 11.4 Å². The highest BCUT2D eigenvalue weighted by atomic mass is 35.5. The van der Waals surface area contributed by atoms with Crippen LogP contribution in [0, 0.1) is 0 Å². The molecule has 0 fully saturated rings. The van der Waals surface area contributed by atoms with Crippen LogP contribution in [0.4, 0.5) is 28.8 Å². The van der Waals surface area contributed by atoms with Gasteiger partial charge in [-0.15, -0.1) is 0 Å². The van der Waals surface area contributed by atoms with Gasteiger partial charge in [-0.25, -0.2) is 13.4 Å². The van der Waals surface area contributed by atoms with E-state index in [0.29, 0.717) is 35.3 Å². The number of rotatable bonds is 4. The zero-order valence-corrected chi connectivity index (χ0v) is 18.0. The maximum Gasteiger partial charge on any atom is 0.232 e. The second-order valence-electron chi connectivity index (χ2n) is 7.13. The molecule has 4 rings (SSSR count). The minimum absolute atomic E-state index is 0.0828. The summed E-state index contributed by atoms with van der Waals surface area (Å²) < 4.78 is 27.4. The number of hydrogen-bond acceptors (Lipinski definition) is 6. The highest BCUT2D eigenvalue weighted by molar-refractivity contribution is 7.92. The van der Waals surface area contributed by atoms with Gasteiger partial charge in [-0.3, -0.25) is 4.72 Å². The zero-order chi connectivity index (χ0) is 21.1. The van der Waals surface area contributed by atoms with Crippen LogP contribution < -0.4 is 15.4 Å². The van der Waals surface area contributed by atoms with Crippen molar-refractivity contribution in [3.63, 3.8) is 0 Å². The van der Waals surface area contributed by atoms with E-state index in [1.165, 1.54) is 6.20 Å². The SMILES string of the molecule is CCCS(=O)(=O)Nc1ccc2cc1CCc1cccc(c1)Nc1ncc(Cl)c(n1)N2. The van der Waals surface area contributed by atoms with Crippen molar-refractivity contribution < 1.29 is 8.42 Å². The lowest BCUT2D eigenvalue weighted by Crippen LogP contribution is -2.17. The Bertz CT molecular complexity index is 1180. The Balaban J connectivity index is 1.77. The Labute approximate surface area is 181 Å². The van der Waals surface area contributed by atoms with Gasteiger partial charge in [0.2, 0.25) is 16.0 Å². The molecule has 0 saturated heterocycles. The molecule has 0 unspecified atom stereocenters. The van der Waals surface area contributed by atoms with Crippen LogP contribution in [-0.4, -0.2) is 24.1 Å². The number of sulfonamides is 1. The molecule has 7 nitrogen and oxygen atoms in total. The van der Waals surface area contributed by atoms with Crippen molar-refractivity contribution in [2.24, 2.45) is 0 Å². The first-order valence-electron chi connectivity index (χ1n) is 9.71. The third-order valence-corrected chi connectivity index (χ3v) is 6.47. The molecule has 1 aliphatic heterocycles. The average Bonchev–Trinajstić information content (AvgIpc) is 2.70. The minimum atomic E-state index is -3.39. The number of nitrogens with one attached hydrogen (secondary N) is 3. The van der Waals surface area contributed by atoms with Gasteiger partial charge in [-0.2, -0.15) is 4.98 Å². The molecule has 0 amide bonds. The lowest BCUT2D eigenvalue weighted by atomic mass is 10.0. The van der Waals surface area contributed by atoms with Crippen molar-refractivity contribution in [2.45, 2.75) is 26.2 Å². The molecule has 0 atom stereocenters. The third-order valence-electron chi connectivity index (χ3n) is 4.72. The smallest absolute Gasteiger partial charge is 0.232 e. The lowest BCUT2D eigenvalue weighted by Gasteiger charge is -2.15. The molecule has 3 aromatic rings. The van der Waals surface area contributed by atoms with Gasteiger partial charge in [0.1, 0.15) is 5.02 Å². The first kappa shape index (κ1) is 20.4. The van der Waals surface area contributed by atoms with E-state index in [4.69, 9.17) is 11.6 Å². The molecule has 0 saturated carbocycles. The van der Waals surface area contributed by atoms with Crippen molar-refractivity contribution in [3.05, 3.63) is 64.8 Å². The predicted molar refractivity (Wildman–Crippen MR) is 122 cm³/mol. The van der Waals surface area contributed by atoms with E-state index in [9.17, 15) is 8.42 Å². The molecule has 3 N–H and O–H groups in total. The molecular weight excluding hydrogens is 422 g/mol. The summed E-state index contributed by atoms with van der Waals surface area (Å²) >= 11 is 6.28. The third kappa shape index (κ3) is 4.83. The van der Waals surface area contributed by atoms with Crippen molar-refractivity contribution in [3.8, 4) is 0 Å². The van der Waals surface area contributed by atoms with Crippen LogP contribution in [0.3, 0.4) is 0 Å². The van der Waals surface area contributed by atoms with Crippen molar-refractivity contribution in [1.29, 1.82) is 0 Å². The highest BCUT2D eigenvalue weighted by Gasteiger charge is 2.15. The van der Waals surface area contributed by atoms with Crippen molar-refractivity contribution in [1.82, 2.24) is 9.97 Å². The van der Waals surface area contributed by atoms with Crippen LogP contribution in [0.5, 0.6) is 0 Å². The van der Waals surface area contributed by atoms with Crippen LogP contribution in [0.2, 0.25) is 5.02 Å². The summed E-state index contributed by atoms with van der Waals surface area (Å²) in [5.74, 6) is 0.983. The number of aromatic nitrogens is 2. The molecule has 1 aromatic heterocycles. The summed E-state index contributed by atoms with van der Waals surface area (Å²) in [5.41, 5.74) is 4.24. The molecule has 30 heavy (non-hydrogen) atoms. The second kappa shape index (κ2) is 8.49. The van der Waals surface area contributed by atoms with Crippen LogP contribution in [-0.2, 0) is 22.9 Å². The fraction of sp³-hybridized carbons (Fsp3) is 0.238. The minimum Gasteiger partial charge on any atom is -0.339 e. The van der Waals surface area contributed by atoms with Crippen LogP contribution in [0.15, 0.2) is 48.7 Å². The van der Waals surface area contributed by atoms with Gasteiger partial charge < -0.3 is 10.6 Å². The van der Waals surface area contributed by atoms with Gasteiger partial charge in [0.25, 0.3) is 0 Å². The van der Waals surface area contributed by atoms with Crippen molar-refractivity contribution in [2.75, 3.05) is 21.1 Å². The summed E-state index contributed by atoms with van der Waals surface area (Å²) in [6, 6.07) is 13.5. The standard InChI is InChI=1S/C21H22ClN5O2S/c1-2-10-30(28,29)27-19-9-8-17-12-15(19)7-6-14-4-3-5-16(11-14)25-21-23-13-18(22)20(24-17)26-21/h3-5,8-9,11-13,27H,2,6-7,10H2,1H3,(H2,23,24,25,26). The Kier molecular flexibility index (Phi) is 5.78. The normalized spacial score (nSPS) is 13.1. The summed E-state index contributed by atoms with van der Waals surface area (Å²) in [7, 11) is -3.39. The molecule has 6 bridgehead atoms. The monoisotopic (exact) mass is 443 g/mol. The number of halogens is 1. The number of hydrogen-bond donors (Lipinski definition) is 3. The molecule has 2 heterocycles. The number of aryl methyl sites for hydroxylation is 2. The predicted octanol–water partition coefficient (Wildman–Crippen LogP) is 4.87. The molecule has 1 aliphatic rings. The maximum absolute atomic E-state index is 12.3. The zero-order valence-electron chi connectivity index (χ0n) is 16.4. The van der Waals surface area contributed by atoms with Gasteiger partial charge in [0.15, 0.2) is 5.82 Å². The molecule has 9 heteroatoms. The molecule has 0 aliphatic carbocycles. The molecule has 0 spiro atoms. The van der Waals surface area contributed by atoms with Crippen LogP contribution in [0.1, 0.15) is 24.5 Å². The fourth-order valence-electron chi connectivity index (χ4n) is 3.33. The molecular formula is C21H22ClN5O2S. The second-order valence-corrected chi connectivity index (χ2v) is 9.38. The largest absolute Gasteiger partial charge is 0.339 e. The van der Waals surface area contributed by atoms with E-state index in [0.717, 1.165) is 28.9 Å². The summed E-state index contributed by atoms with van der Waals surface area (Å²) in [6.45, 7) is 1.84. The van der Waals surface area contributed by atoms with E-state index in [2.05, 4.69) is 25.3 Å². The molecule has 156 valence electrons. The van der Waals surface area contributed by atoms with E-state index in [1.807, 2.05) is 37.3 Å². The first-order valence-corrected chi connectivity index (χ1v) is 11.7. The molecule has 2 aromatic carbocycles. The number of fused-ring (bicyclic) bond motifs is 6. The number of anilines is 5.